The fourth-order valence-electron chi connectivity index (χ4n) is 3.80. The summed E-state index contributed by atoms with van der Waals surface area (Å²) in [5.41, 5.74) is 8.71. The highest BCUT2D eigenvalue weighted by Gasteiger charge is 2.12. The van der Waals surface area contributed by atoms with Crippen LogP contribution in [0.1, 0.15) is 27.0 Å². The molecule has 1 aromatic heterocycles. The summed E-state index contributed by atoms with van der Waals surface area (Å²) < 4.78 is 7.73. The summed E-state index contributed by atoms with van der Waals surface area (Å²) in [6, 6.07) is 35.1. The summed E-state index contributed by atoms with van der Waals surface area (Å²) in [4.78, 5) is 12.5. The molecule has 0 saturated heterocycles. The van der Waals surface area contributed by atoms with Crippen molar-refractivity contribution in [2.75, 3.05) is 0 Å². The van der Waals surface area contributed by atoms with Gasteiger partial charge in [0.2, 0.25) is 0 Å². The van der Waals surface area contributed by atoms with E-state index in [9.17, 15) is 4.79 Å². The van der Waals surface area contributed by atoms with Gasteiger partial charge in [-0.3, -0.25) is 4.79 Å². The van der Waals surface area contributed by atoms with Crippen LogP contribution in [0.5, 0.6) is 5.75 Å². The minimum atomic E-state index is -0.270. The lowest BCUT2D eigenvalue weighted by Crippen LogP contribution is -2.17. The van der Waals surface area contributed by atoms with E-state index in [0.29, 0.717) is 12.2 Å². The van der Waals surface area contributed by atoms with E-state index in [1.165, 1.54) is 0 Å². The first kappa shape index (κ1) is 23.8. The highest BCUT2D eigenvalue weighted by Crippen LogP contribution is 2.25. The number of nitrogens with one attached hydrogen (secondary N) is 1. The normalized spacial score (nSPS) is 10.9. The second-order valence-electron chi connectivity index (χ2n) is 8.58. The van der Waals surface area contributed by atoms with E-state index in [1.807, 2.05) is 110 Å². The first-order chi connectivity index (χ1) is 18.2. The van der Waals surface area contributed by atoms with Crippen molar-refractivity contribution in [2.24, 2.45) is 5.10 Å². The summed E-state index contributed by atoms with van der Waals surface area (Å²) in [5, 5.41) is 9.02. The van der Waals surface area contributed by atoms with Gasteiger partial charge in [0.05, 0.1) is 11.9 Å². The van der Waals surface area contributed by atoms with Gasteiger partial charge in [0, 0.05) is 22.9 Å². The highest BCUT2D eigenvalue weighted by molar-refractivity contribution is 5.95. The number of rotatable bonds is 8. The third kappa shape index (κ3) is 6.00. The molecule has 5 aromatic rings. The standard InChI is InChI=1S/C31H26N4O2/c1-23-12-14-26(15-13-23)31(36)33-32-20-27-21-35(28-10-6-3-7-11-28)34-30(27)25-16-18-29(19-17-25)37-22-24-8-4-2-5-9-24/h2-21H,22H2,1H3,(H,33,36)/b32-20-. The molecule has 0 spiro atoms. The van der Waals surface area contributed by atoms with Gasteiger partial charge < -0.3 is 4.74 Å². The van der Waals surface area contributed by atoms with Crippen LogP contribution in [-0.4, -0.2) is 21.9 Å². The molecule has 0 aliphatic heterocycles. The van der Waals surface area contributed by atoms with Crippen molar-refractivity contribution in [1.82, 2.24) is 15.2 Å². The van der Waals surface area contributed by atoms with E-state index in [0.717, 1.165) is 39.4 Å². The third-order valence-electron chi connectivity index (χ3n) is 5.82. The first-order valence-corrected chi connectivity index (χ1v) is 12.0. The molecule has 0 fully saturated rings. The quantitative estimate of drug-likeness (QED) is 0.210. The maximum atomic E-state index is 12.5. The molecule has 5 rings (SSSR count). The van der Waals surface area contributed by atoms with Crippen LogP contribution in [0.3, 0.4) is 0 Å². The second kappa shape index (κ2) is 11.2. The number of carbonyl (C=O) groups is 1. The maximum Gasteiger partial charge on any atom is 0.271 e. The van der Waals surface area contributed by atoms with Crippen molar-refractivity contribution < 1.29 is 9.53 Å². The minimum absolute atomic E-state index is 0.270. The van der Waals surface area contributed by atoms with Gasteiger partial charge in [-0.2, -0.15) is 10.2 Å². The van der Waals surface area contributed by atoms with Crippen molar-refractivity contribution in [2.45, 2.75) is 13.5 Å². The lowest BCUT2D eigenvalue weighted by molar-refractivity contribution is 0.0955. The van der Waals surface area contributed by atoms with Gasteiger partial charge >= 0.3 is 0 Å². The Morgan fingerprint density at radius 3 is 2.27 bits per heavy atom. The van der Waals surface area contributed by atoms with Crippen LogP contribution < -0.4 is 10.2 Å². The zero-order valence-electron chi connectivity index (χ0n) is 20.4. The zero-order chi connectivity index (χ0) is 25.5. The molecule has 0 atom stereocenters. The van der Waals surface area contributed by atoms with Crippen LogP contribution in [0.2, 0.25) is 0 Å². The third-order valence-corrected chi connectivity index (χ3v) is 5.82. The molecule has 6 heteroatoms. The Kier molecular flexibility index (Phi) is 7.18. The van der Waals surface area contributed by atoms with Gasteiger partial charge in [-0.05, 0) is 61.0 Å². The van der Waals surface area contributed by atoms with E-state index < -0.39 is 0 Å². The first-order valence-electron chi connectivity index (χ1n) is 12.0. The summed E-state index contributed by atoms with van der Waals surface area (Å²) >= 11 is 0. The number of hydrogen-bond acceptors (Lipinski definition) is 4. The predicted molar refractivity (Wildman–Crippen MR) is 146 cm³/mol. The topological polar surface area (TPSA) is 68.5 Å². The van der Waals surface area contributed by atoms with Gasteiger partial charge in [-0.1, -0.05) is 66.2 Å². The molecule has 1 amide bonds. The molecule has 0 aliphatic rings. The van der Waals surface area contributed by atoms with Crippen LogP contribution >= 0.6 is 0 Å². The van der Waals surface area contributed by atoms with E-state index >= 15 is 0 Å². The minimum Gasteiger partial charge on any atom is -0.489 e. The fourth-order valence-corrected chi connectivity index (χ4v) is 3.80. The van der Waals surface area contributed by atoms with Crippen LogP contribution in [0.15, 0.2) is 120 Å². The number of ether oxygens (including phenoxy) is 1. The monoisotopic (exact) mass is 486 g/mol. The van der Waals surface area contributed by atoms with Crippen LogP contribution in [0, 0.1) is 6.92 Å². The smallest absolute Gasteiger partial charge is 0.271 e. The lowest BCUT2D eigenvalue weighted by atomic mass is 10.1. The van der Waals surface area contributed by atoms with Crippen molar-refractivity contribution >= 4 is 12.1 Å². The Morgan fingerprint density at radius 2 is 1.57 bits per heavy atom. The maximum absolute atomic E-state index is 12.5. The van der Waals surface area contributed by atoms with Crippen LogP contribution in [0.25, 0.3) is 16.9 Å². The molecular formula is C31H26N4O2. The Labute approximate surface area is 215 Å². The van der Waals surface area contributed by atoms with Crippen LogP contribution in [-0.2, 0) is 6.61 Å². The molecule has 0 bridgehead atoms. The number of para-hydroxylation sites is 1. The molecule has 0 radical (unpaired) electrons. The molecular weight excluding hydrogens is 460 g/mol. The SMILES string of the molecule is Cc1ccc(C(=O)N/N=C\c2cn(-c3ccccc3)nc2-c2ccc(OCc3ccccc3)cc2)cc1. The number of nitrogens with zero attached hydrogens (tertiary/aromatic N) is 3. The molecule has 6 nitrogen and oxygen atoms in total. The highest BCUT2D eigenvalue weighted by atomic mass is 16.5. The Morgan fingerprint density at radius 1 is 0.892 bits per heavy atom. The number of amides is 1. The van der Waals surface area contributed by atoms with Crippen LogP contribution in [0.4, 0.5) is 0 Å². The van der Waals surface area contributed by atoms with Gasteiger partial charge in [0.25, 0.3) is 5.91 Å². The Balaban J connectivity index is 1.37. The average Bonchev–Trinajstić information content (AvgIpc) is 3.38. The Bertz CT molecular complexity index is 1490. The Hall–Kier alpha value is -4.97. The van der Waals surface area contributed by atoms with Crippen molar-refractivity contribution in [3.05, 3.63) is 138 Å². The molecule has 4 aromatic carbocycles. The largest absolute Gasteiger partial charge is 0.489 e. The summed E-state index contributed by atoms with van der Waals surface area (Å²) in [5.74, 6) is 0.504. The summed E-state index contributed by atoms with van der Waals surface area (Å²) in [6.45, 7) is 2.48. The van der Waals surface area contributed by atoms with Gasteiger partial charge in [0.15, 0.2) is 0 Å². The van der Waals surface area contributed by atoms with Gasteiger partial charge in [-0.15, -0.1) is 0 Å². The molecule has 37 heavy (non-hydrogen) atoms. The van der Waals surface area contributed by atoms with Crippen molar-refractivity contribution in [3.63, 3.8) is 0 Å². The molecule has 182 valence electrons. The van der Waals surface area contributed by atoms with Gasteiger partial charge in [0.1, 0.15) is 18.1 Å². The summed E-state index contributed by atoms with van der Waals surface area (Å²) in [6.07, 6.45) is 3.51. The lowest BCUT2D eigenvalue weighted by Gasteiger charge is -2.07. The molecule has 1 heterocycles. The molecule has 0 saturated carbocycles. The van der Waals surface area contributed by atoms with E-state index in [-0.39, 0.29) is 5.91 Å². The second-order valence-corrected chi connectivity index (χ2v) is 8.58. The number of carbonyl (C=O) groups excluding carboxylic acids is 1. The predicted octanol–water partition coefficient (Wildman–Crippen LogP) is 6.19. The van der Waals surface area contributed by atoms with E-state index in [1.54, 1.807) is 23.0 Å². The molecule has 0 unspecified atom stereocenters. The van der Waals surface area contributed by atoms with E-state index in [4.69, 9.17) is 9.84 Å². The van der Waals surface area contributed by atoms with Crippen molar-refractivity contribution in [3.8, 4) is 22.7 Å². The van der Waals surface area contributed by atoms with Crippen molar-refractivity contribution in [1.29, 1.82) is 0 Å². The molecule has 1 N–H and O–H groups in total. The average molecular weight is 487 g/mol. The fraction of sp³-hybridized carbons (Fsp3) is 0.0645. The number of benzene rings is 4. The van der Waals surface area contributed by atoms with E-state index in [2.05, 4.69) is 10.5 Å². The number of aromatic nitrogens is 2. The van der Waals surface area contributed by atoms with Gasteiger partial charge in [-0.25, -0.2) is 10.1 Å². The zero-order valence-corrected chi connectivity index (χ0v) is 20.4. The molecule has 0 aliphatic carbocycles. The number of aryl methyl sites for hydroxylation is 1. The number of hydrogen-bond donors (Lipinski definition) is 1. The summed E-state index contributed by atoms with van der Waals surface area (Å²) in [7, 11) is 0. The number of hydrazone groups is 1.